The number of hydrogen-bond donors (Lipinski definition) is 2. The Kier molecular flexibility index (Phi) is 15.0. The summed E-state index contributed by atoms with van der Waals surface area (Å²) in [6.45, 7) is 32.9. The Hall–Kier alpha value is -16.5. The average molecular weight is 1810 g/mol. The van der Waals surface area contributed by atoms with Gasteiger partial charge in [0.2, 0.25) is 0 Å². The lowest BCUT2D eigenvalue weighted by atomic mass is 9.71. The molecule has 0 fully saturated rings. The number of carbonyl (C=O) groups excluding carboxylic acids is 12. The molecule has 0 aromatic heterocycles. The largest absolute Gasteiger partial charge is 0.452 e. The maximum Gasteiger partial charge on any atom is 0.266 e. The Morgan fingerprint density at radius 2 is 0.348 bits per heavy atom. The second kappa shape index (κ2) is 25.6. The van der Waals surface area contributed by atoms with Crippen molar-refractivity contribution in [1.29, 1.82) is 0 Å². The first-order valence-electron chi connectivity index (χ1n) is 46.5. The molecule has 8 aliphatic heterocycles. The molecule has 138 heavy (non-hydrogen) atoms. The van der Waals surface area contributed by atoms with Gasteiger partial charge in [-0.1, -0.05) is 208 Å². The number of anilines is 4. The number of benzene rings is 19. The van der Waals surface area contributed by atoms with E-state index in [-0.39, 0.29) is 90.3 Å². The van der Waals surface area contributed by atoms with Crippen LogP contribution in [0.15, 0.2) is 194 Å². The molecule has 19 aromatic rings. The zero-order chi connectivity index (χ0) is 95.7. The third-order valence-electron chi connectivity index (χ3n) is 31.4. The first kappa shape index (κ1) is 81.1. The lowest BCUT2D eigenvalue weighted by Gasteiger charge is -2.41. The lowest BCUT2D eigenvalue weighted by molar-refractivity contribution is 0.0828. The third-order valence-corrected chi connectivity index (χ3v) is 31.4. The maximum atomic E-state index is 16.4. The van der Waals surface area contributed by atoms with E-state index in [1.165, 1.54) is 19.6 Å². The van der Waals surface area contributed by atoms with Gasteiger partial charge in [0.05, 0.1) is 22.7 Å². The zero-order valence-electron chi connectivity index (χ0n) is 78.0. The van der Waals surface area contributed by atoms with E-state index in [9.17, 15) is 19.2 Å². The first-order chi connectivity index (χ1) is 65.5. The van der Waals surface area contributed by atoms with Crippen LogP contribution in [0.5, 0.6) is 23.0 Å². The van der Waals surface area contributed by atoms with Crippen LogP contribution in [0.4, 0.5) is 22.7 Å². The molecule has 0 bridgehead atoms. The Bertz CT molecular complexity index is 8590. The molecular weight excluding hydrogens is 1730 g/mol. The summed E-state index contributed by atoms with van der Waals surface area (Å²) in [5.41, 5.74) is 5.56. The van der Waals surface area contributed by atoms with Crippen molar-refractivity contribution < 1.29 is 67.0 Å². The molecule has 8 aliphatic rings. The van der Waals surface area contributed by atoms with Gasteiger partial charge < -0.3 is 9.47 Å². The van der Waals surface area contributed by atoms with E-state index in [0.717, 1.165) is 76.1 Å². The summed E-state index contributed by atoms with van der Waals surface area (Å²) in [6.07, 6.45) is 0. The van der Waals surface area contributed by atoms with E-state index in [2.05, 4.69) is 118 Å². The normalized spacial score (nSPS) is 16.6. The molecule has 27 rings (SSSR count). The van der Waals surface area contributed by atoms with Gasteiger partial charge in [-0.2, -0.15) is 0 Å². The number of amides is 12. The van der Waals surface area contributed by atoms with Gasteiger partial charge in [0, 0.05) is 132 Å². The molecule has 0 saturated carbocycles. The molecule has 668 valence electrons. The topological polar surface area (TPSA) is 260 Å². The number of rotatable bonds is 4. The highest BCUT2D eigenvalue weighted by Crippen LogP contribution is 2.63. The van der Waals surface area contributed by atoms with E-state index < -0.39 is 103 Å². The maximum absolute atomic E-state index is 16.4. The second-order valence-electron chi connectivity index (χ2n) is 43.7. The summed E-state index contributed by atoms with van der Waals surface area (Å²) in [7, 11) is 0. The molecule has 12 amide bonds. The number of imide groups is 6. The smallest absolute Gasteiger partial charge is 0.266 e. The molecule has 0 aliphatic carbocycles. The van der Waals surface area contributed by atoms with E-state index in [1.54, 1.807) is 72.8 Å². The van der Waals surface area contributed by atoms with Crippen LogP contribution in [-0.2, 0) is 32.5 Å². The van der Waals surface area contributed by atoms with Crippen LogP contribution < -0.4 is 39.7 Å². The summed E-state index contributed by atoms with van der Waals surface area (Å²) in [5, 5.41) is 20.4. The molecule has 0 radical (unpaired) electrons. The van der Waals surface area contributed by atoms with Crippen molar-refractivity contribution >= 4 is 223 Å². The summed E-state index contributed by atoms with van der Waals surface area (Å²) < 4.78 is 14.9. The molecular formula is C118H82N6O14. The second-order valence-corrected chi connectivity index (χ2v) is 43.7. The zero-order valence-corrected chi connectivity index (χ0v) is 78.0. The highest BCUT2D eigenvalue weighted by Gasteiger charge is 2.51. The standard InChI is InChI=1S/C118H82N6O14/c1-113(2,3)49-41-77-97(81(45-49)121-105(129)69-33-21-57-53-17-29-65-91-66(102(126)119-101(65)125)30-18-54(85(53)91)58-22-34-70(106(121)130)93(69)87(57)58)137-99-79(117(77,13)14)43-51(115(7,8)9)47-83(99)123-109(133)73-37-25-61-63-27-39-75-96-76(40-28-64(90(63)96)62-26-38-74(110(123)134)95(73)89(61)62)112(136)124(111(75)135)84-48-52(116(10,11)12)44-80-100(84)138-98-78(118(80,15)16)42-50(114(4,5)6)46-82(98)122-107(131)71-35-23-59-55-19-31-67-92-68(104(128)120-103(67)127)32-20-56(86(55)92)60-24-36-72(108(122)132)94(71)88(59)60/h17-48H,1-16H3,(H,119,125,126)(H,120,127,128). The lowest BCUT2D eigenvalue weighted by Crippen LogP contribution is -2.42. The highest BCUT2D eigenvalue weighted by molar-refractivity contribution is 6.49. The van der Waals surface area contributed by atoms with E-state index >= 15 is 38.4 Å². The molecule has 20 nitrogen and oxygen atoms in total. The monoisotopic (exact) mass is 1810 g/mol. The van der Waals surface area contributed by atoms with Crippen LogP contribution in [0.2, 0.25) is 0 Å². The predicted octanol–water partition coefficient (Wildman–Crippen LogP) is 24.9. The van der Waals surface area contributed by atoms with Gasteiger partial charge >= 0.3 is 0 Å². The van der Waals surface area contributed by atoms with Crippen molar-refractivity contribution in [2.24, 2.45) is 0 Å². The van der Waals surface area contributed by atoms with Crippen LogP contribution in [0.3, 0.4) is 0 Å². The highest BCUT2D eigenvalue weighted by atomic mass is 16.5. The first-order valence-corrected chi connectivity index (χ1v) is 46.5. The molecule has 0 saturated heterocycles. The Morgan fingerprint density at radius 1 is 0.203 bits per heavy atom. The number of nitrogens with zero attached hydrogens (tertiary/aromatic N) is 4. The average Bonchev–Trinajstić information content (AvgIpc) is 0.685. The van der Waals surface area contributed by atoms with Crippen molar-refractivity contribution in [2.75, 3.05) is 19.6 Å². The van der Waals surface area contributed by atoms with E-state index in [0.29, 0.717) is 120 Å². The quantitative estimate of drug-likeness (QED) is 0.0943. The van der Waals surface area contributed by atoms with Gasteiger partial charge in [0.15, 0.2) is 23.0 Å². The number of carbonyl (C=O) groups is 12. The third kappa shape index (κ3) is 9.91. The summed E-state index contributed by atoms with van der Waals surface area (Å²) in [5.74, 6) is -6.23. The minimum Gasteiger partial charge on any atom is -0.452 e. The molecule has 20 heteroatoms. The Morgan fingerprint density at radius 3 is 0.500 bits per heavy atom. The van der Waals surface area contributed by atoms with E-state index in [4.69, 9.17) is 9.47 Å². The molecule has 0 atom stereocenters. The van der Waals surface area contributed by atoms with Crippen LogP contribution in [0.25, 0.3) is 129 Å². The van der Waals surface area contributed by atoms with E-state index in [1.807, 2.05) is 125 Å². The fourth-order valence-corrected chi connectivity index (χ4v) is 24.2. The molecule has 0 unspecified atom stereocenters. The fraction of sp³-hybridized carbons (Fsp3) is 0.186. The number of ether oxygens (including phenoxy) is 2. The molecule has 0 spiro atoms. The van der Waals surface area contributed by atoms with Crippen molar-refractivity contribution in [3.8, 4) is 23.0 Å². The van der Waals surface area contributed by atoms with Gasteiger partial charge in [-0.15, -0.1) is 0 Å². The number of hydrogen-bond acceptors (Lipinski definition) is 14. The van der Waals surface area contributed by atoms with Gasteiger partial charge in [0.1, 0.15) is 0 Å². The van der Waals surface area contributed by atoms with Gasteiger partial charge in [-0.3, -0.25) is 68.2 Å². The van der Waals surface area contributed by atoms with Crippen LogP contribution in [0.1, 0.15) is 280 Å². The van der Waals surface area contributed by atoms with Crippen molar-refractivity contribution in [3.05, 3.63) is 305 Å². The Balaban J connectivity index is 0.561. The summed E-state index contributed by atoms with van der Waals surface area (Å²) in [4.78, 5) is 188. The summed E-state index contributed by atoms with van der Waals surface area (Å²) >= 11 is 0. The van der Waals surface area contributed by atoms with Gasteiger partial charge in [0.25, 0.3) is 70.9 Å². The van der Waals surface area contributed by atoms with Crippen LogP contribution in [-0.4, -0.2) is 70.9 Å². The minimum absolute atomic E-state index is 0.149. The SMILES string of the molecule is CC(C)(C)c1cc(N2C(=O)c3ccc4c5ccc6c7c(ccc(c8ccc(c3c48)C2=O)c75)C(=O)NC6=O)c2c(c1)C(C)(C)c1cc(C(C)(C)C)cc(N3C(=O)c4ccc5c6ccc7c8c(ccc(c9ccc(c4c59)C3=O)c86)C(=O)N(c3cc(C(C)(C)C)cc4c3Oc3c(N5C(=O)c6ccc8c9ccc%10c%11c(ccc(c%12ccc(c6c8%12)C5=O)c%119)C(=O)NC%10=O)cc(C(C)(C)C)cc3C4(C)C)C7=O)c1O2. The molecule has 19 aromatic carbocycles. The van der Waals surface area contributed by atoms with Crippen LogP contribution >= 0.6 is 0 Å². The van der Waals surface area contributed by atoms with Crippen LogP contribution in [0, 0.1) is 0 Å². The number of nitrogens with one attached hydrogen (secondary N) is 2. The van der Waals surface area contributed by atoms with Gasteiger partial charge in [-0.05, 0) is 238 Å². The summed E-state index contributed by atoms with van der Waals surface area (Å²) in [6, 6.07) is 58.6. The minimum atomic E-state index is -1.02. The van der Waals surface area contributed by atoms with Gasteiger partial charge in [-0.25, -0.2) is 19.6 Å². The molecule has 8 heterocycles. The molecule has 2 N–H and O–H groups in total. The number of fused-ring (bicyclic) bond motifs is 10. The predicted molar refractivity (Wildman–Crippen MR) is 536 cm³/mol. The fourth-order valence-electron chi connectivity index (χ4n) is 24.2. The van der Waals surface area contributed by atoms with Crippen molar-refractivity contribution in [1.82, 2.24) is 10.6 Å². The van der Waals surface area contributed by atoms with Crippen molar-refractivity contribution in [3.63, 3.8) is 0 Å². The van der Waals surface area contributed by atoms with Crippen molar-refractivity contribution in [2.45, 2.75) is 143 Å². The Labute approximate surface area is 787 Å².